The Morgan fingerprint density at radius 1 is 1.20 bits per heavy atom. The summed E-state index contributed by atoms with van der Waals surface area (Å²) >= 11 is 0. The predicted octanol–water partition coefficient (Wildman–Crippen LogP) is 2.99. The van der Waals surface area contributed by atoms with E-state index in [-0.39, 0.29) is 0 Å². The first-order valence-corrected chi connectivity index (χ1v) is 5.48. The van der Waals surface area contributed by atoms with Crippen LogP contribution in [0.15, 0.2) is 30.5 Å². The number of quaternary nitrogens is 1. The van der Waals surface area contributed by atoms with Gasteiger partial charge in [-0.2, -0.15) is 4.59 Å². The van der Waals surface area contributed by atoms with E-state index in [9.17, 15) is 0 Å². The first-order valence-electron chi connectivity index (χ1n) is 5.48. The van der Waals surface area contributed by atoms with Crippen molar-refractivity contribution in [1.82, 2.24) is 0 Å². The molecule has 15 heavy (non-hydrogen) atoms. The standard InChI is InChI=1S/C13H19N2/c1-11-7-6-8-12(2)13(11)14-15(3)9-4-5-10-15/h4,6-9,14H,5,10H2,1-3H3/q+1. The van der Waals surface area contributed by atoms with Crippen molar-refractivity contribution in [2.45, 2.75) is 20.3 Å². The van der Waals surface area contributed by atoms with Gasteiger partial charge in [-0.3, -0.25) is 0 Å². The van der Waals surface area contributed by atoms with E-state index in [1.165, 1.54) is 16.8 Å². The topological polar surface area (TPSA) is 12.0 Å². The largest absolute Gasteiger partial charge is 0.232 e. The Balaban J connectivity index is 2.27. The van der Waals surface area contributed by atoms with Gasteiger partial charge in [0.25, 0.3) is 0 Å². The lowest BCUT2D eigenvalue weighted by atomic mass is 10.1. The molecule has 0 amide bonds. The maximum atomic E-state index is 3.60. The molecule has 0 saturated heterocycles. The average Bonchev–Trinajstić information content (AvgIpc) is 2.60. The molecule has 1 N–H and O–H groups in total. The van der Waals surface area contributed by atoms with Crippen molar-refractivity contribution in [3.8, 4) is 0 Å². The Labute approximate surface area is 91.8 Å². The number of anilines is 1. The van der Waals surface area contributed by atoms with E-state index < -0.39 is 0 Å². The van der Waals surface area contributed by atoms with E-state index in [1.54, 1.807) is 0 Å². The third-order valence-electron chi connectivity index (χ3n) is 3.04. The van der Waals surface area contributed by atoms with Crippen molar-refractivity contribution >= 4 is 5.69 Å². The van der Waals surface area contributed by atoms with E-state index in [1.807, 2.05) is 0 Å². The van der Waals surface area contributed by atoms with Crippen LogP contribution in [0.5, 0.6) is 0 Å². The van der Waals surface area contributed by atoms with Crippen molar-refractivity contribution in [2.24, 2.45) is 0 Å². The second-order valence-electron chi connectivity index (χ2n) is 4.54. The predicted molar refractivity (Wildman–Crippen MR) is 64.3 cm³/mol. The molecule has 1 aromatic carbocycles. The molecule has 2 rings (SSSR count). The van der Waals surface area contributed by atoms with Crippen LogP contribution >= 0.6 is 0 Å². The lowest BCUT2D eigenvalue weighted by Gasteiger charge is -2.29. The maximum absolute atomic E-state index is 3.60. The summed E-state index contributed by atoms with van der Waals surface area (Å²) in [7, 11) is 2.20. The zero-order chi connectivity index (χ0) is 10.9. The smallest absolute Gasteiger partial charge is 0.116 e. The molecule has 1 heterocycles. The number of hydrogen-bond acceptors (Lipinski definition) is 1. The van der Waals surface area contributed by atoms with Gasteiger partial charge in [0.05, 0.1) is 12.7 Å². The minimum Gasteiger partial charge on any atom is -0.232 e. The summed E-state index contributed by atoms with van der Waals surface area (Å²) in [5, 5.41) is 0. The molecule has 0 spiro atoms. The van der Waals surface area contributed by atoms with Gasteiger partial charge in [-0.25, -0.2) is 5.43 Å². The normalized spacial score (nSPS) is 24.5. The summed E-state index contributed by atoms with van der Waals surface area (Å²) < 4.78 is 0.811. The van der Waals surface area contributed by atoms with Crippen LogP contribution in [-0.4, -0.2) is 18.2 Å². The number of para-hydroxylation sites is 1. The third-order valence-corrected chi connectivity index (χ3v) is 3.04. The lowest BCUT2D eigenvalue weighted by molar-refractivity contribution is -0.831. The highest BCUT2D eigenvalue weighted by Crippen LogP contribution is 2.24. The van der Waals surface area contributed by atoms with Gasteiger partial charge >= 0.3 is 0 Å². The third kappa shape index (κ3) is 2.05. The monoisotopic (exact) mass is 203 g/mol. The van der Waals surface area contributed by atoms with Gasteiger partial charge in [-0.15, -0.1) is 0 Å². The van der Waals surface area contributed by atoms with E-state index in [2.05, 4.69) is 56.8 Å². The Bertz CT molecular complexity index is 375. The minimum atomic E-state index is 0.811. The summed E-state index contributed by atoms with van der Waals surface area (Å²) in [6, 6.07) is 6.41. The highest BCUT2D eigenvalue weighted by molar-refractivity contribution is 5.55. The van der Waals surface area contributed by atoms with Crippen LogP contribution in [0.1, 0.15) is 17.5 Å². The van der Waals surface area contributed by atoms with Crippen molar-refractivity contribution in [3.05, 3.63) is 41.6 Å². The van der Waals surface area contributed by atoms with Gasteiger partial charge in [0.2, 0.25) is 0 Å². The lowest BCUT2D eigenvalue weighted by Crippen LogP contribution is -2.42. The van der Waals surface area contributed by atoms with Crippen LogP contribution in [-0.2, 0) is 0 Å². The van der Waals surface area contributed by atoms with Crippen molar-refractivity contribution in [3.63, 3.8) is 0 Å². The molecule has 0 aliphatic carbocycles. The fourth-order valence-corrected chi connectivity index (χ4v) is 2.06. The highest BCUT2D eigenvalue weighted by Gasteiger charge is 2.23. The molecule has 1 aliphatic rings. The summed E-state index contributed by atoms with van der Waals surface area (Å²) in [5.41, 5.74) is 7.50. The quantitative estimate of drug-likeness (QED) is 0.729. The number of aryl methyl sites for hydroxylation is 2. The van der Waals surface area contributed by atoms with Crippen LogP contribution < -0.4 is 5.43 Å². The minimum absolute atomic E-state index is 0.811. The molecular weight excluding hydrogens is 184 g/mol. The fourth-order valence-electron chi connectivity index (χ4n) is 2.06. The molecule has 0 fully saturated rings. The number of nitrogens with zero attached hydrogens (tertiary/aromatic N) is 1. The van der Waals surface area contributed by atoms with Gasteiger partial charge in [0.15, 0.2) is 0 Å². The van der Waals surface area contributed by atoms with E-state index in [0.717, 1.165) is 17.6 Å². The number of benzene rings is 1. The summed E-state index contributed by atoms with van der Waals surface area (Å²) in [5.74, 6) is 0. The van der Waals surface area contributed by atoms with Crippen LogP contribution in [0.25, 0.3) is 0 Å². The second kappa shape index (κ2) is 3.70. The first kappa shape index (κ1) is 10.2. The summed E-state index contributed by atoms with van der Waals surface area (Å²) in [6.07, 6.45) is 5.63. The van der Waals surface area contributed by atoms with E-state index in [0.29, 0.717) is 0 Å². The molecule has 0 aromatic heterocycles. The molecule has 2 nitrogen and oxygen atoms in total. The van der Waals surface area contributed by atoms with Crippen molar-refractivity contribution in [1.29, 1.82) is 0 Å². The van der Waals surface area contributed by atoms with Gasteiger partial charge in [0.1, 0.15) is 12.7 Å². The molecule has 0 saturated carbocycles. The Hall–Kier alpha value is -1.28. The summed E-state index contributed by atoms with van der Waals surface area (Å²) in [4.78, 5) is 0. The second-order valence-corrected chi connectivity index (χ2v) is 4.54. The molecule has 80 valence electrons. The van der Waals surface area contributed by atoms with E-state index >= 15 is 0 Å². The van der Waals surface area contributed by atoms with Crippen LogP contribution in [0, 0.1) is 13.8 Å². The zero-order valence-corrected chi connectivity index (χ0v) is 9.75. The molecule has 1 unspecified atom stereocenters. The van der Waals surface area contributed by atoms with Crippen LogP contribution in [0.3, 0.4) is 0 Å². The molecule has 2 heteroatoms. The first-order chi connectivity index (χ1) is 7.11. The summed E-state index contributed by atoms with van der Waals surface area (Å²) in [6.45, 7) is 5.44. The molecule has 1 aliphatic heterocycles. The molecular formula is C13H19N2+. The fraction of sp³-hybridized carbons (Fsp3) is 0.385. The van der Waals surface area contributed by atoms with Gasteiger partial charge in [-0.1, -0.05) is 18.2 Å². The Kier molecular flexibility index (Phi) is 2.53. The zero-order valence-electron chi connectivity index (χ0n) is 9.75. The van der Waals surface area contributed by atoms with Gasteiger partial charge in [0, 0.05) is 6.42 Å². The Morgan fingerprint density at radius 3 is 2.40 bits per heavy atom. The number of nitrogens with one attached hydrogen (secondary N) is 1. The van der Waals surface area contributed by atoms with Crippen LogP contribution in [0.4, 0.5) is 5.69 Å². The molecule has 0 bridgehead atoms. The number of rotatable bonds is 2. The van der Waals surface area contributed by atoms with E-state index in [4.69, 9.17) is 0 Å². The highest BCUT2D eigenvalue weighted by atomic mass is 15.6. The van der Waals surface area contributed by atoms with Gasteiger partial charge < -0.3 is 0 Å². The SMILES string of the molecule is Cc1cccc(C)c1N[N+]1(C)C=CCC1. The Morgan fingerprint density at radius 2 is 1.87 bits per heavy atom. The maximum Gasteiger partial charge on any atom is 0.116 e. The van der Waals surface area contributed by atoms with Gasteiger partial charge in [-0.05, 0) is 31.1 Å². The molecule has 1 atom stereocenters. The average molecular weight is 203 g/mol. The van der Waals surface area contributed by atoms with Crippen molar-refractivity contribution in [2.75, 3.05) is 19.0 Å². The van der Waals surface area contributed by atoms with Crippen LogP contribution in [0.2, 0.25) is 0 Å². The number of hydrogen-bond donors (Lipinski definition) is 1. The molecule has 0 radical (unpaired) electrons. The molecule has 1 aromatic rings. The van der Waals surface area contributed by atoms with Crippen molar-refractivity contribution < 1.29 is 4.59 Å².